The smallest absolute Gasteiger partial charge is 0.189 e. The van der Waals surface area contributed by atoms with Gasteiger partial charge in [-0.3, -0.25) is 9.36 Å². The minimum atomic E-state index is 0.0511. The number of carbonyl (C=O) groups is 1. The average Bonchev–Trinajstić information content (AvgIpc) is 3.24. The molecule has 0 saturated heterocycles. The highest BCUT2D eigenvalue weighted by molar-refractivity contribution is 7.99. The molecule has 2 heterocycles. The molecular formula is C16H15N3O2S. The second-order valence-corrected chi connectivity index (χ2v) is 5.52. The highest BCUT2D eigenvalue weighted by Crippen LogP contribution is 2.23. The Hall–Kier alpha value is -2.47. The second-order valence-electron chi connectivity index (χ2n) is 4.58. The van der Waals surface area contributed by atoms with Gasteiger partial charge in [-0.25, -0.2) is 4.98 Å². The summed E-state index contributed by atoms with van der Waals surface area (Å²) in [6, 6.07) is 11.3. The zero-order chi connectivity index (χ0) is 15.4. The van der Waals surface area contributed by atoms with Crippen LogP contribution in [0, 0.1) is 0 Å². The van der Waals surface area contributed by atoms with Crippen LogP contribution in [0.25, 0.3) is 5.69 Å². The van der Waals surface area contributed by atoms with Gasteiger partial charge in [-0.1, -0.05) is 17.8 Å². The van der Waals surface area contributed by atoms with E-state index in [1.54, 1.807) is 25.6 Å². The molecule has 0 radical (unpaired) electrons. The number of aromatic amines is 1. The lowest BCUT2D eigenvalue weighted by Gasteiger charge is -2.08. The number of ether oxygens (including phenoxy) is 1. The average molecular weight is 313 g/mol. The number of rotatable bonds is 6. The van der Waals surface area contributed by atoms with Crippen molar-refractivity contribution in [2.75, 3.05) is 12.9 Å². The van der Waals surface area contributed by atoms with Crippen molar-refractivity contribution in [3.8, 4) is 11.4 Å². The molecular weight excluding hydrogens is 298 g/mol. The molecule has 3 aromatic rings. The number of hydrogen-bond acceptors (Lipinski definition) is 4. The minimum Gasteiger partial charge on any atom is -0.497 e. The highest BCUT2D eigenvalue weighted by Gasteiger charge is 2.11. The Bertz CT molecular complexity index is 765. The van der Waals surface area contributed by atoms with E-state index in [0.29, 0.717) is 11.4 Å². The molecule has 0 bridgehead atoms. The largest absolute Gasteiger partial charge is 0.497 e. The Morgan fingerprint density at radius 3 is 3.05 bits per heavy atom. The molecule has 0 aliphatic carbocycles. The van der Waals surface area contributed by atoms with Crippen molar-refractivity contribution in [1.82, 2.24) is 14.5 Å². The van der Waals surface area contributed by atoms with Gasteiger partial charge in [-0.15, -0.1) is 0 Å². The molecule has 5 nitrogen and oxygen atoms in total. The first-order valence-corrected chi connectivity index (χ1v) is 7.73. The van der Waals surface area contributed by atoms with E-state index < -0.39 is 0 Å². The number of Topliss-reactive ketones (excluding diaryl/α,β-unsaturated/α-hetero) is 1. The molecule has 0 amide bonds. The lowest BCUT2D eigenvalue weighted by molar-refractivity contribution is 0.101. The quantitative estimate of drug-likeness (QED) is 0.561. The Kier molecular flexibility index (Phi) is 4.29. The number of benzene rings is 1. The molecule has 6 heteroatoms. The molecule has 0 saturated carbocycles. The first kappa shape index (κ1) is 14.5. The number of methoxy groups -OCH3 is 1. The third-order valence-electron chi connectivity index (χ3n) is 3.17. The van der Waals surface area contributed by atoms with E-state index in [1.165, 1.54) is 11.8 Å². The fraction of sp³-hybridized carbons (Fsp3) is 0.125. The van der Waals surface area contributed by atoms with Crippen molar-refractivity contribution in [2.45, 2.75) is 5.16 Å². The molecule has 112 valence electrons. The van der Waals surface area contributed by atoms with Gasteiger partial charge in [0.2, 0.25) is 0 Å². The van der Waals surface area contributed by atoms with Crippen molar-refractivity contribution < 1.29 is 9.53 Å². The van der Waals surface area contributed by atoms with Crippen LogP contribution < -0.4 is 4.74 Å². The monoisotopic (exact) mass is 313 g/mol. The fourth-order valence-electron chi connectivity index (χ4n) is 2.07. The van der Waals surface area contributed by atoms with E-state index in [2.05, 4.69) is 9.97 Å². The van der Waals surface area contributed by atoms with Crippen LogP contribution in [-0.2, 0) is 0 Å². The van der Waals surface area contributed by atoms with Gasteiger partial charge in [0.1, 0.15) is 5.75 Å². The van der Waals surface area contributed by atoms with Gasteiger partial charge in [0, 0.05) is 24.7 Å². The SMILES string of the molecule is COc1cccc(-n2ccnc2SCC(=O)c2ccc[nH]2)c1. The zero-order valence-corrected chi connectivity index (χ0v) is 12.8. The lowest BCUT2D eigenvalue weighted by atomic mass is 10.3. The number of nitrogens with one attached hydrogen (secondary N) is 1. The number of hydrogen-bond donors (Lipinski definition) is 1. The molecule has 0 atom stereocenters. The van der Waals surface area contributed by atoms with E-state index in [9.17, 15) is 4.79 Å². The van der Waals surface area contributed by atoms with Crippen molar-refractivity contribution in [3.05, 3.63) is 60.7 Å². The number of H-pyrrole nitrogens is 1. The summed E-state index contributed by atoms with van der Waals surface area (Å²) in [5, 5.41) is 0.771. The highest BCUT2D eigenvalue weighted by atomic mass is 32.2. The molecule has 0 aliphatic heterocycles. The predicted octanol–water partition coefficient (Wildman–Crippen LogP) is 3.18. The summed E-state index contributed by atoms with van der Waals surface area (Å²) >= 11 is 1.41. The second kappa shape index (κ2) is 6.53. The van der Waals surface area contributed by atoms with Gasteiger partial charge in [-0.05, 0) is 24.3 Å². The molecule has 3 rings (SSSR count). The number of nitrogens with zero attached hydrogens (tertiary/aromatic N) is 2. The molecule has 0 spiro atoms. The van der Waals surface area contributed by atoms with Gasteiger partial charge in [0.05, 0.1) is 24.2 Å². The summed E-state index contributed by atoms with van der Waals surface area (Å²) in [7, 11) is 1.64. The number of imidazole rings is 1. The lowest BCUT2D eigenvalue weighted by Crippen LogP contribution is -2.04. The first-order chi connectivity index (χ1) is 10.8. The molecule has 1 N–H and O–H groups in total. The summed E-state index contributed by atoms with van der Waals surface area (Å²) < 4.78 is 7.18. The molecule has 0 aliphatic rings. The Morgan fingerprint density at radius 1 is 1.36 bits per heavy atom. The summed E-state index contributed by atoms with van der Waals surface area (Å²) in [5.41, 5.74) is 1.57. The van der Waals surface area contributed by atoms with Gasteiger partial charge in [0.25, 0.3) is 0 Å². The normalized spacial score (nSPS) is 10.6. The fourth-order valence-corrected chi connectivity index (χ4v) is 2.92. The number of ketones is 1. The summed E-state index contributed by atoms with van der Waals surface area (Å²) in [6.07, 6.45) is 5.34. The number of carbonyl (C=O) groups excluding carboxylic acids is 1. The molecule has 22 heavy (non-hydrogen) atoms. The van der Waals surface area contributed by atoms with E-state index in [-0.39, 0.29) is 5.78 Å². The maximum absolute atomic E-state index is 12.0. The van der Waals surface area contributed by atoms with Crippen molar-refractivity contribution in [1.29, 1.82) is 0 Å². The Labute approximate surface area is 132 Å². The van der Waals surface area contributed by atoms with Crippen LogP contribution in [0.1, 0.15) is 10.5 Å². The summed E-state index contributed by atoms with van der Waals surface area (Å²) in [4.78, 5) is 19.3. The van der Waals surface area contributed by atoms with Crippen LogP contribution in [-0.4, -0.2) is 33.2 Å². The van der Waals surface area contributed by atoms with E-state index in [0.717, 1.165) is 16.6 Å². The van der Waals surface area contributed by atoms with Gasteiger partial charge in [-0.2, -0.15) is 0 Å². The van der Waals surface area contributed by atoms with E-state index >= 15 is 0 Å². The van der Waals surface area contributed by atoms with Crippen molar-refractivity contribution in [2.24, 2.45) is 0 Å². The standard InChI is InChI=1S/C16H15N3O2S/c1-21-13-5-2-4-12(10-13)19-9-8-18-16(19)22-11-15(20)14-6-3-7-17-14/h2-10,17H,11H2,1H3. The summed E-state index contributed by atoms with van der Waals surface area (Å²) in [5.74, 6) is 1.17. The van der Waals surface area contributed by atoms with Crippen LogP contribution in [0.5, 0.6) is 5.75 Å². The van der Waals surface area contributed by atoms with Crippen LogP contribution in [0.2, 0.25) is 0 Å². The van der Waals surface area contributed by atoms with Crippen molar-refractivity contribution >= 4 is 17.5 Å². The first-order valence-electron chi connectivity index (χ1n) is 6.75. The van der Waals surface area contributed by atoms with Gasteiger partial charge >= 0.3 is 0 Å². The van der Waals surface area contributed by atoms with Gasteiger partial charge in [0.15, 0.2) is 10.9 Å². The van der Waals surface area contributed by atoms with Crippen LogP contribution in [0.15, 0.2) is 60.1 Å². The van der Waals surface area contributed by atoms with Gasteiger partial charge < -0.3 is 9.72 Å². The Balaban J connectivity index is 1.76. The summed E-state index contributed by atoms with van der Waals surface area (Å²) in [6.45, 7) is 0. The van der Waals surface area contributed by atoms with E-state index in [4.69, 9.17) is 4.74 Å². The van der Waals surface area contributed by atoms with Crippen LogP contribution in [0.4, 0.5) is 0 Å². The third kappa shape index (κ3) is 3.07. The molecule has 2 aromatic heterocycles. The predicted molar refractivity (Wildman–Crippen MR) is 86.0 cm³/mol. The molecule has 1 aromatic carbocycles. The maximum Gasteiger partial charge on any atom is 0.189 e. The number of aromatic nitrogens is 3. The van der Waals surface area contributed by atoms with Crippen molar-refractivity contribution in [3.63, 3.8) is 0 Å². The molecule has 0 fully saturated rings. The topological polar surface area (TPSA) is 59.9 Å². The number of thioether (sulfide) groups is 1. The zero-order valence-electron chi connectivity index (χ0n) is 12.0. The van der Waals surface area contributed by atoms with Crippen LogP contribution >= 0.6 is 11.8 Å². The van der Waals surface area contributed by atoms with E-state index in [1.807, 2.05) is 41.1 Å². The Morgan fingerprint density at radius 2 is 2.27 bits per heavy atom. The van der Waals surface area contributed by atoms with Crippen LogP contribution in [0.3, 0.4) is 0 Å². The third-order valence-corrected chi connectivity index (χ3v) is 4.14. The minimum absolute atomic E-state index is 0.0511. The molecule has 0 unspecified atom stereocenters. The maximum atomic E-state index is 12.0.